The molecule has 23 heavy (non-hydrogen) atoms. The van der Waals surface area contributed by atoms with Crippen LogP contribution in [0.1, 0.15) is 18.1 Å². The van der Waals surface area contributed by atoms with Crippen molar-refractivity contribution in [2.24, 2.45) is 16.6 Å². The number of sulfonamides is 1. The van der Waals surface area contributed by atoms with E-state index in [1.165, 1.54) is 15.4 Å². The topological polar surface area (TPSA) is 87.8 Å². The molecule has 1 aromatic carbocycles. The third kappa shape index (κ3) is 5.32. The maximum atomic E-state index is 11.6. The lowest BCUT2D eigenvalue weighted by atomic mass is 10.0. The zero-order chi connectivity index (χ0) is 16.3. The van der Waals surface area contributed by atoms with Gasteiger partial charge in [0.2, 0.25) is 10.0 Å². The van der Waals surface area contributed by atoms with Crippen molar-refractivity contribution in [3.63, 3.8) is 0 Å². The van der Waals surface area contributed by atoms with Crippen molar-refractivity contribution in [1.82, 2.24) is 4.31 Å². The number of aliphatic imine (C=N–C) groups is 1. The molecule has 0 radical (unpaired) electrons. The summed E-state index contributed by atoms with van der Waals surface area (Å²) in [6, 6.07) is 6.02. The van der Waals surface area contributed by atoms with Crippen LogP contribution in [0.15, 0.2) is 23.2 Å². The largest absolute Gasteiger partial charge is 0.370 e. The van der Waals surface area contributed by atoms with Gasteiger partial charge >= 0.3 is 0 Å². The molecule has 0 amide bonds. The maximum Gasteiger partial charge on any atom is 0.213 e. The highest BCUT2D eigenvalue weighted by atomic mass is 127. The van der Waals surface area contributed by atoms with Crippen molar-refractivity contribution < 1.29 is 8.42 Å². The molecule has 130 valence electrons. The van der Waals surface area contributed by atoms with Crippen LogP contribution in [0, 0.1) is 19.8 Å². The molecule has 0 atom stereocenters. The van der Waals surface area contributed by atoms with E-state index in [9.17, 15) is 8.42 Å². The number of nitrogens with zero attached hydrogens (tertiary/aromatic N) is 2. The Balaban J connectivity index is 0.00000264. The number of nitrogens with two attached hydrogens (primary N) is 1. The molecule has 3 N–H and O–H groups in total. The molecule has 1 aliphatic heterocycles. The second kappa shape index (κ2) is 8.29. The van der Waals surface area contributed by atoms with Gasteiger partial charge in [0.05, 0.1) is 5.75 Å². The van der Waals surface area contributed by atoms with E-state index in [0.29, 0.717) is 25.6 Å². The summed E-state index contributed by atoms with van der Waals surface area (Å²) in [5.41, 5.74) is 9.21. The smallest absolute Gasteiger partial charge is 0.213 e. The average molecular weight is 452 g/mol. The van der Waals surface area contributed by atoms with E-state index >= 15 is 0 Å². The highest BCUT2D eigenvalue weighted by Crippen LogP contribution is 2.20. The van der Waals surface area contributed by atoms with Crippen molar-refractivity contribution in [1.29, 1.82) is 0 Å². The third-order valence-electron chi connectivity index (χ3n) is 3.98. The first kappa shape index (κ1) is 20.2. The van der Waals surface area contributed by atoms with Gasteiger partial charge in [0.25, 0.3) is 0 Å². The van der Waals surface area contributed by atoms with Crippen molar-refractivity contribution >= 4 is 45.6 Å². The minimum absolute atomic E-state index is 0. The predicted molar refractivity (Wildman–Crippen MR) is 106 cm³/mol. The first-order chi connectivity index (χ1) is 10.3. The Hall–Kier alpha value is -0.870. The van der Waals surface area contributed by atoms with E-state index in [0.717, 1.165) is 5.69 Å². The number of nitrogens with one attached hydrogen (secondary N) is 1. The van der Waals surface area contributed by atoms with Crippen molar-refractivity contribution in [2.75, 3.05) is 30.7 Å². The first-order valence-electron chi connectivity index (χ1n) is 7.44. The zero-order valence-corrected chi connectivity index (χ0v) is 16.9. The molecular weight excluding hydrogens is 427 g/mol. The minimum atomic E-state index is -3.05. The fourth-order valence-corrected chi connectivity index (χ4v) is 3.52. The number of benzene rings is 1. The Kier molecular flexibility index (Phi) is 7.28. The molecule has 0 bridgehead atoms. The fraction of sp³-hybridized carbons (Fsp3) is 0.533. The van der Waals surface area contributed by atoms with Gasteiger partial charge in [-0.3, -0.25) is 4.99 Å². The summed E-state index contributed by atoms with van der Waals surface area (Å²) in [6.07, 6.45) is 0. The second-order valence-corrected chi connectivity index (χ2v) is 7.99. The standard InChI is InChI=1S/C15H24N4O2S.HI/c1-4-22(20,21)19-9-13(10-19)8-17-15(16)18-14-6-5-11(2)12(3)7-14;/h5-7,13H,4,8-10H2,1-3H3,(H3,16,17,18);1H. The number of anilines is 1. The minimum Gasteiger partial charge on any atom is -0.370 e. The molecule has 0 aromatic heterocycles. The van der Waals surface area contributed by atoms with Crippen LogP contribution >= 0.6 is 24.0 Å². The molecule has 0 unspecified atom stereocenters. The number of hydrogen-bond donors (Lipinski definition) is 2. The van der Waals surface area contributed by atoms with Gasteiger partial charge in [-0.15, -0.1) is 24.0 Å². The molecule has 0 aliphatic carbocycles. The van der Waals surface area contributed by atoms with Gasteiger partial charge in [-0.2, -0.15) is 0 Å². The Morgan fingerprint density at radius 2 is 2.00 bits per heavy atom. The van der Waals surface area contributed by atoms with Crippen LogP contribution in [0.4, 0.5) is 5.69 Å². The summed E-state index contributed by atoms with van der Waals surface area (Å²) in [6.45, 7) is 7.38. The normalized spacial score (nSPS) is 16.6. The average Bonchev–Trinajstić information content (AvgIpc) is 2.41. The van der Waals surface area contributed by atoms with E-state index in [1.54, 1.807) is 6.92 Å². The van der Waals surface area contributed by atoms with E-state index in [1.807, 2.05) is 25.1 Å². The number of halogens is 1. The number of guanidine groups is 1. The van der Waals surface area contributed by atoms with Crippen LogP contribution in [0.25, 0.3) is 0 Å². The summed E-state index contributed by atoms with van der Waals surface area (Å²) in [4.78, 5) is 4.30. The van der Waals surface area contributed by atoms with Crippen molar-refractivity contribution in [3.8, 4) is 0 Å². The zero-order valence-electron chi connectivity index (χ0n) is 13.7. The third-order valence-corrected chi connectivity index (χ3v) is 5.80. The molecule has 2 rings (SSSR count). The molecule has 1 aliphatic rings. The van der Waals surface area contributed by atoms with Crippen LogP contribution in [0.5, 0.6) is 0 Å². The van der Waals surface area contributed by atoms with Crippen LogP contribution in [0.3, 0.4) is 0 Å². The first-order valence-corrected chi connectivity index (χ1v) is 9.04. The highest BCUT2D eigenvalue weighted by molar-refractivity contribution is 14.0. The molecule has 1 heterocycles. The summed E-state index contributed by atoms with van der Waals surface area (Å²) >= 11 is 0. The van der Waals surface area contributed by atoms with Crippen LogP contribution < -0.4 is 11.1 Å². The Morgan fingerprint density at radius 3 is 2.57 bits per heavy atom. The van der Waals surface area contributed by atoms with Gasteiger partial charge in [0.1, 0.15) is 0 Å². The number of hydrogen-bond acceptors (Lipinski definition) is 3. The molecule has 0 spiro atoms. The molecule has 8 heteroatoms. The van der Waals surface area contributed by atoms with Gasteiger partial charge < -0.3 is 11.1 Å². The Labute approximate surface area is 155 Å². The van der Waals surface area contributed by atoms with Crippen LogP contribution in [0.2, 0.25) is 0 Å². The lowest BCUT2D eigenvalue weighted by molar-refractivity contribution is 0.208. The molecule has 6 nitrogen and oxygen atoms in total. The maximum absolute atomic E-state index is 11.6. The summed E-state index contributed by atoms with van der Waals surface area (Å²) < 4.78 is 24.7. The number of aryl methyl sites for hydroxylation is 2. The van der Waals surface area contributed by atoms with Gasteiger partial charge in [-0.1, -0.05) is 6.07 Å². The molecule has 1 aromatic rings. The van der Waals surface area contributed by atoms with Gasteiger partial charge in [0.15, 0.2) is 5.96 Å². The Bertz CT molecular complexity index is 670. The lowest BCUT2D eigenvalue weighted by Crippen LogP contribution is -2.51. The number of rotatable bonds is 5. The van der Waals surface area contributed by atoms with Crippen LogP contribution in [-0.2, 0) is 10.0 Å². The molecule has 0 saturated carbocycles. The van der Waals surface area contributed by atoms with Gasteiger partial charge in [-0.25, -0.2) is 12.7 Å². The highest BCUT2D eigenvalue weighted by Gasteiger charge is 2.34. The van der Waals surface area contributed by atoms with Crippen molar-refractivity contribution in [2.45, 2.75) is 20.8 Å². The molecule has 1 fully saturated rings. The van der Waals surface area contributed by atoms with E-state index in [4.69, 9.17) is 5.73 Å². The van der Waals surface area contributed by atoms with Gasteiger partial charge in [0, 0.05) is 31.2 Å². The van der Waals surface area contributed by atoms with E-state index in [2.05, 4.69) is 17.2 Å². The predicted octanol–water partition coefficient (Wildman–Crippen LogP) is 1.93. The van der Waals surface area contributed by atoms with E-state index < -0.39 is 10.0 Å². The fourth-order valence-electron chi connectivity index (χ4n) is 2.28. The summed E-state index contributed by atoms with van der Waals surface area (Å²) in [5, 5.41) is 3.06. The van der Waals surface area contributed by atoms with Gasteiger partial charge in [-0.05, 0) is 44.0 Å². The molecule has 1 saturated heterocycles. The second-order valence-electron chi connectivity index (χ2n) is 5.73. The van der Waals surface area contributed by atoms with Crippen molar-refractivity contribution in [3.05, 3.63) is 29.3 Å². The SMILES string of the molecule is CCS(=O)(=O)N1CC(CN=C(N)Nc2ccc(C)c(C)c2)C1.I. The lowest BCUT2D eigenvalue weighted by Gasteiger charge is -2.37. The quantitative estimate of drug-likeness (QED) is 0.406. The summed E-state index contributed by atoms with van der Waals surface area (Å²) in [5.74, 6) is 0.765. The summed E-state index contributed by atoms with van der Waals surface area (Å²) in [7, 11) is -3.05. The Morgan fingerprint density at radius 1 is 1.35 bits per heavy atom. The van der Waals surface area contributed by atoms with Crippen LogP contribution in [-0.4, -0.2) is 44.1 Å². The monoisotopic (exact) mass is 452 g/mol. The van der Waals surface area contributed by atoms with E-state index in [-0.39, 0.29) is 35.6 Å². The molecular formula is C15H25IN4O2S.